The maximum absolute atomic E-state index is 10.9. The third kappa shape index (κ3) is 7.57. The van der Waals surface area contributed by atoms with Gasteiger partial charge in [-0.3, -0.25) is 4.99 Å². The first kappa shape index (κ1) is 29.0. The summed E-state index contributed by atoms with van der Waals surface area (Å²) in [7, 11) is 1.65. The number of aromatic nitrogens is 6. The maximum Gasteiger partial charge on any atom is 3.00 e. The average molecular weight is 715 g/mol. The molecule has 7 rings (SSSR count). The number of aliphatic imine (C=N–C) groups is 1. The summed E-state index contributed by atoms with van der Waals surface area (Å²) in [4.78, 5) is 7.02. The molecule has 9 heteroatoms. The van der Waals surface area contributed by atoms with Crippen molar-refractivity contribution in [2.24, 2.45) is 4.99 Å². The molecule has 5 aromatic carbocycles. The van der Waals surface area contributed by atoms with E-state index in [0.717, 1.165) is 33.4 Å². The van der Waals surface area contributed by atoms with E-state index in [1.165, 1.54) is 6.07 Å². The summed E-state index contributed by atoms with van der Waals surface area (Å²) < 4.78 is 0. The molecule has 0 aliphatic rings. The minimum atomic E-state index is 0. The van der Waals surface area contributed by atoms with Gasteiger partial charge in [-0.15, -0.1) is 30.0 Å². The third-order valence-corrected chi connectivity index (χ3v) is 5.61. The molecule has 0 N–H and O–H groups in total. The molecule has 0 spiro atoms. The van der Waals surface area contributed by atoms with Crippen molar-refractivity contribution in [3.05, 3.63) is 139 Å². The fourth-order valence-corrected chi connectivity index (χ4v) is 3.69. The summed E-state index contributed by atoms with van der Waals surface area (Å²) in [6.45, 7) is 0. The van der Waals surface area contributed by atoms with Gasteiger partial charge in [-0.2, -0.15) is 44.1 Å². The van der Waals surface area contributed by atoms with Crippen molar-refractivity contribution < 1.29 is 25.2 Å². The van der Waals surface area contributed by atoms with Crippen LogP contribution in [0.4, 0.5) is 0 Å². The minimum Gasteiger partial charge on any atom is -0.872 e. The van der Waals surface area contributed by atoms with Crippen LogP contribution in [0.2, 0.25) is 0 Å². The molecule has 0 aliphatic carbocycles. The summed E-state index contributed by atoms with van der Waals surface area (Å²) in [6.07, 6.45) is 1.56. The number of hydrogen-bond donors (Lipinski definition) is 0. The van der Waals surface area contributed by atoms with Gasteiger partial charge in [0.05, 0.1) is 11.4 Å². The first-order valence-corrected chi connectivity index (χ1v) is 12.5. The fourth-order valence-electron chi connectivity index (χ4n) is 3.69. The van der Waals surface area contributed by atoms with E-state index >= 15 is 0 Å². The predicted molar refractivity (Wildman–Crippen MR) is 155 cm³/mol. The van der Waals surface area contributed by atoms with Crippen LogP contribution in [0.3, 0.4) is 0 Å². The van der Waals surface area contributed by atoms with Gasteiger partial charge in [0, 0.05) is 35.3 Å². The molecule has 8 nitrogen and oxygen atoms in total. The molecule has 202 valence electrons. The first-order chi connectivity index (χ1) is 19.7. The molecule has 0 aliphatic heterocycles. The standard InChI is InChI=1S/2C12H8N3.C8H9NO.Ir/c2*1-2-6-10(7-3-1)15-13-11-8-4-5-9-12(11)14-15;1-9-6-7-4-2-3-5-8(7)10;/h2*1-4,6-9H;2-6,10H,1H3;/q2*-1;;+3/p-1. The number of benzene rings is 5. The molecule has 41 heavy (non-hydrogen) atoms. The fraction of sp³-hybridized carbons (Fsp3) is 0.0312. The van der Waals surface area contributed by atoms with Crippen LogP contribution < -0.4 is 5.11 Å². The molecule has 0 saturated heterocycles. The second-order valence-corrected chi connectivity index (χ2v) is 8.40. The molecule has 0 unspecified atom stereocenters. The Bertz CT molecular complexity index is 1660. The smallest absolute Gasteiger partial charge is 0.872 e. The van der Waals surface area contributed by atoms with Gasteiger partial charge in [0.25, 0.3) is 0 Å². The average Bonchev–Trinajstić information content (AvgIpc) is 3.65. The Morgan fingerprint density at radius 1 is 0.610 bits per heavy atom. The van der Waals surface area contributed by atoms with Crippen molar-refractivity contribution in [3.63, 3.8) is 0 Å². The van der Waals surface area contributed by atoms with Crippen molar-refractivity contribution in [2.45, 2.75) is 0 Å². The molecular formula is C32H24IrN7O. The minimum absolute atomic E-state index is 0. The second-order valence-electron chi connectivity index (χ2n) is 8.40. The molecule has 0 bridgehead atoms. The van der Waals surface area contributed by atoms with Gasteiger partial charge in [-0.05, 0) is 29.8 Å². The molecule has 2 heterocycles. The molecular weight excluding hydrogens is 691 g/mol. The van der Waals surface area contributed by atoms with E-state index in [2.05, 4.69) is 37.5 Å². The Hall–Kier alpha value is -4.98. The summed E-state index contributed by atoms with van der Waals surface area (Å²) in [5, 5.41) is 28.4. The largest absolute Gasteiger partial charge is 3.00 e. The molecule has 0 amide bonds. The SMILES string of the molecule is CN=Cc1ccccc1[O-].[Ir+3].[c-]1ccc2nn(-c3ccccc3)nc2c1.[c-]1ccc2nn(-c3ccccc3)nc2c1. The van der Waals surface area contributed by atoms with E-state index in [1.54, 1.807) is 35.0 Å². The van der Waals surface area contributed by atoms with Crippen molar-refractivity contribution in [2.75, 3.05) is 7.05 Å². The summed E-state index contributed by atoms with van der Waals surface area (Å²) in [6, 6.07) is 43.6. The maximum atomic E-state index is 10.9. The molecule has 2 aromatic heterocycles. The summed E-state index contributed by atoms with van der Waals surface area (Å²) >= 11 is 0. The second kappa shape index (κ2) is 14.4. The Morgan fingerprint density at radius 2 is 1.05 bits per heavy atom. The van der Waals surface area contributed by atoms with Crippen LogP contribution in [0.5, 0.6) is 5.75 Å². The quantitative estimate of drug-likeness (QED) is 0.184. The predicted octanol–water partition coefficient (Wildman–Crippen LogP) is 5.25. The van der Waals surface area contributed by atoms with Crippen molar-refractivity contribution in [1.29, 1.82) is 0 Å². The van der Waals surface area contributed by atoms with E-state index in [9.17, 15) is 5.11 Å². The number of hydrogen-bond acceptors (Lipinski definition) is 6. The van der Waals surface area contributed by atoms with Gasteiger partial charge in [-0.25, -0.2) is 10.2 Å². The van der Waals surface area contributed by atoms with Crippen LogP contribution in [-0.4, -0.2) is 43.3 Å². The van der Waals surface area contributed by atoms with E-state index in [-0.39, 0.29) is 25.9 Å². The monoisotopic (exact) mass is 715 g/mol. The van der Waals surface area contributed by atoms with E-state index in [4.69, 9.17) is 0 Å². The molecule has 0 atom stereocenters. The summed E-state index contributed by atoms with van der Waals surface area (Å²) in [5.74, 6) is 0.0214. The van der Waals surface area contributed by atoms with Gasteiger partial charge in [-0.1, -0.05) is 60.7 Å². The van der Waals surface area contributed by atoms with Crippen molar-refractivity contribution in [3.8, 4) is 17.1 Å². The number of rotatable bonds is 3. The Kier molecular flexibility index (Phi) is 10.2. The van der Waals surface area contributed by atoms with Crippen LogP contribution in [0.1, 0.15) is 5.56 Å². The van der Waals surface area contributed by atoms with Gasteiger partial charge in [0.2, 0.25) is 0 Å². The molecule has 7 aromatic rings. The van der Waals surface area contributed by atoms with Crippen molar-refractivity contribution in [1.82, 2.24) is 30.0 Å². The topological polar surface area (TPSA) is 96.8 Å². The van der Waals surface area contributed by atoms with Crippen LogP contribution in [0.25, 0.3) is 33.4 Å². The Balaban J connectivity index is 0.000000143. The van der Waals surface area contributed by atoms with Crippen molar-refractivity contribution >= 4 is 28.3 Å². The van der Waals surface area contributed by atoms with Gasteiger partial charge in [0.15, 0.2) is 0 Å². The normalized spacial score (nSPS) is 10.4. The van der Waals surface area contributed by atoms with E-state index in [0.29, 0.717) is 5.56 Å². The first-order valence-electron chi connectivity index (χ1n) is 12.5. The van der Waals surface area contributed by atoms with Crippen LogP contribution >= 0.6 is 0 Å². The zero-order valence-electron chi connectivity index (χ0n) is 22.0. The van der Waals surface area contributed by atoms with Gasteiger partial charge < -0.3 is 5.11 Å². The van der Waals surface area contributed by atoms with E-state index < -0.39 is 0 Å². The zero-order chi connectivity index (χ0) is 27.6. The molecule has 0 saturated carbocycles. The van der Waals surface area contributed by atoms with Crippen LogP contribution in [-0.2, 0) is 20.1 Å². The summed E-state index contributed by atoms with van der Waals surface area (Å²) in [5.41, 5.74) is 6.07. The van der Waals surface area contributed by atoms with Crippen LogP contribution in [0.15, 0.2) is 126 Å². The van der Waals surface area contributed by atoms with Gasteiger partial charge in [0.1, 0.15) is 0 Å². The Morgan fingerprint density at radius 3 is 1.49 bits per heavy atom. The third-order valence-electron chi connectivity index (χ3n) is 5.61. The molecule has 0 radical (unpaired) electrons. The Labute approximate surface area is 251 Å². The number of para-hydroxylation sites is 3. The number of fused-ring (bicyclic) bond motifs is 2. The molecule has 0 fully saturated rings. The van der Waals surface area contributed by atoms with Gasteiger partial charge >= 0.3 is 20.1 Å². The number of nitrogens with zero attached hydrogens (tertiary/aromatic N) is 7. The van der Waals surface area contributed by atoms with Crippen LogP contribution in [0, 0.1) is 12.1 Å². The van der Waals surface area contributed by atoms with E-state index in [1.807, 2.05) is 103 Å². The zero-order valence-corrected chi connectivity index (χ0v) is 24.4.